The lowest BCUT2D eigenvalue weighted by Gasteiger charge is -2.21. The highest BCUT2D eigenvalue weighted by Gasteiger charge is 2.22. The van der Waals surface area contributed by atoms with E-state index in [9.17, 15) is 8.78 Å². The maximum Gasteiger partial charge on any atom is 0.173 e. The topological polar surface area (TPSA) is 18.5 Å². The second kappa shape index (κ2) is 4.00. The van der Waals surface area contributed by atoms with E-state index in [0.717, 1.165) is 12.1 Å². The third-order valence-corrected chi connectivity index (χ3v) is 3.14. The molecule has 0 fully saturated rings. The molecule has 1 heterocycles. The van der Waals surface area contributed by atoms with Crippen molar-refractivity contribution in [3.05, 3.63) is 45.9 Å². The SMILES string of the molecule is Fc1cc2c(cc1F)Oc1cc(Cl)c(Cl)cc1O2. The van der Waals surface area contributed by atoms with Crippen LogP contribution in [0.4, 0.5) is 8.78 Å². The molecule has 18 heavy (non-hydrogen) atoms. The number of rotatable bonds is 0. The van der Waals surface area contributed by atoms with Gasteiger partial charge in [-0.25, -0.2) is 8.78 Å². The number of fused-ring (bicyclic) bond motifs is 2. The molecule has 0 N–H and O–H groups in total. The Hall–Kier alpha value is -1.52. The minimum atomic E-state index is -1.01. The van der Waals surface area contributed by atoms with Crippen LogP contribution in [-0.4, -0.2) is 0 Å². The molecular weight excluding hydrogens is 285 g/mol. The third-order valence-electron chi connectivity index (χ3n) is 2.41. The molecule has 2 aromatic carbocycles. The van der Waals surface area contributed by atoms with Crippen molar-refractivity contribution in [1.29, 1.82) is 0 Å². The van der Waals surface area contributed by atoms with Crippen LogP contribution in [0.15, 0.2) is 24.3 Å². The molecule has 0 aromatic heterocycles. The van der Waals surface area contributed by atoms with Crippen molar-refractivity contribution in [2.75, 3.05) is 0 Å². The van der Waals surface area contributed by atoms with E-state index in [1.165, 1.54) is 12.1 Å². The Morgan fingerprint density at radius 3 is 1.39 bits per heavy atom. The molecule has 2 nitrogen and oxygen atoms in total. The predicted octanol–water partition coefficient (Wildman–Crippen LogP) is 5.17. The van der Waals surface area contributed by atoms with Gasteiger partial charge in [-0.05, 0) is 0 Å². The number of hydrogen-bond donors (Lipinski definition) is 0. The van der Waals surface area contributed by atoms with Crippen LogP contribution in [-0.2, 0) is 0 Å². The van der Waals surface area contributed by atoms with E-state index in [1.54, 1.807) is 0 Å². The molecule has 0 atom stereocenters. The standard InChI is InChI=1S/C12H4Cl2F2O2/c13-5-1-9-10(2-6(5)14)18-12-4-8(16)7(15)3-11(12)17-9/h1-4H. The molecule has 0 aliphatic carbocycles. The predicted molar refractivity (Wildman–Crippen MR) is 63.0 cm³/mol. The number of ether oxygens (including phenoxy) is 2. The van der Waals surface area contributed by atoms with Crippen LogP contribution in [0.3, 0.4) is 0 Å². The number of halogens is 4. The monoisotopic (exact) mass is 288 g/mol. The fourth-order valence-corrected chi connectivity index (χ4v) is 1.88. The summed E-state index contributed by atoms with van der Waals surface area (Å²) in [6, 6.07) is 4.72. The van der Waals surface area contributed by atoms with E-state index >= 15 is 0 Å². The molecule has 0 spiro atoms. The van der Waals surface area contributed by atoms with Crippen molar-refractivity contribution < 1.29 is 18.3 Å². The van der Waals surface area contributed by atoms with Crippen molar-refractivity contribution in [1.82, 2.24) is 0 Å². The zero-order valence-electron chi connectivity index (χ0n) is 8.64. The van der Waals surface area contributed by atoms with Crippen LogP contribution >= 0.6 is 23.2 Å². The summed E-state index contributed by atoms with van der Waals surface area (Å²) in [6.45, 7) is 0. The molecule has 0 bridgehead atoms. The lowest BCUT2D eigenvalue weighted by atomic mass is 10.2. The van der Waals surface area contributed by atoms with Crippen LogP contribution in [0.2, 0.25) is 10.0 Å². The van der Waals surface area contributed by atoms with E-state index in [4.69, 9.17) is 32.7 Å². The number of hydrogen-bond acceptors (Lipinski definition) is 2. The quantitative estimate of drug-likeness (QED) is 0.568. The second-order valence-electron chi connectivity index (χ2n) is 3.63. The van der Waals surface area contributed by atoms with Gasteiger partial charge in [0, 0.05) is 24.3 Å². The van der Waals surface area contributed by atoms with E-state index in [1.807, 2.05) is 0 Å². The molecule has 92 valence electrons. The van der Waals surface area contributed by atoms with E-state index in [0.29, 0.717) is 11.5 Å². The highest BCUT2D eigenvalue weighted by Crippen LogP contribution is 2.48. The van der Waals surface area contributed by atoms with Crippen molar-refractivity contribution in [3.63, 3.8) is 0 Å². The summed E-state index contributed by atoms with van der Waals surface area (Å²) in [5.41, 5.74) is 0. The molecule has 0 amide bonds. The molecule has 0 radical (unpaired) electrons. The van der Waals surface area contributed by atoms with Crippen LogP contribution in [0.25, 0.3) is 0 Å². The Bertz CT molecular complexity index is 548. The summed E-state index contributed by atoms with van der Waals surface area (Å²) < 4.78 is 36.9. The normalized spacial score (nSPS) is 12.2. The maximum atomic E-state index is 13.1. The van der Waals surface area contributed by atoms with Gasteiger partial charge in [-0.3, -0.25) is 0 Å². The van der Waals surface area contributed by atoms with Gasteiger partial charge in [0.25, 0.3) is 0 Å². The van der Waals surface area contributed by atoms with Crippen LogP contribution < -0.4 is 9.47 Å². The molecule has 1 aliphatic heterocycles. The van der Waals surface area contributed by atoms with Gasteiger partial charge in [0.1, 0.15) is 0 Å². The average Bonchev–Trinajstić information content (AvgIpc) is 2.31. The molecular formula is C12H4Cl2F2O2. The average molecular weight is 289 g/mol. The molecule has 3 rings (SSSR count). The first-order chi connectivity index (χ1) is 8.54. The van der Waals surface area contributed by atoms with Crippen LogP contribution in [0.1, 0.15) is 0 Å². The molecule has 0 saturated carbocycles. The first-order valence-electron chi connectivity index (χ1n) is 4.88. The molecule has 6 heteroatoms. The largest absolute Gasteiger partial charge is 0.449 e. The van der Waals surface area contributed by atoms with Gasteiger partial charge >= 0.3 is 0 Å². The lowest BCUT2D eigenvalue weighted by Crippen LogP contribution is -2.00. The fourth-order valence-electron chi connectivity index (χ4n) is 1.58. The lowest BCUT2D eigenvalue weighted by molar-refractivity contribution is 0.351. The highest BCUT2D eigenvalue weighted by atomic mass is 35.5. The van der Waals surface area contributed by atoms with E-state index in [-0.39, 0.29) is 21.5 Å². The van der Waals surface area contributed by atoms with Gasteiger partial charge in [0.15, 0.2) is 34.6 Å². The maximum absolute atomic E-state index is 13.1. The van der Waals surface area contributed by atoms with Crippen molar-refractivity contribution in [2.45, 2.75) is 0 Å². The summed E-state index contributed by atoms with van der Waals surface area (Å²) in [5.74, 6) is -1.27. The Morgan fingerprint density at radius 2 is 1.00 bits per heavy atom. The molecule has 1 aliphatic rings. The first kappa shape index (κ1) is 11.6. The zero-order valence-corrected chi connectivity index (χ0v) is 10.1. The van der Waals surface area contributed by atoms with Crippen LogP contribution in [0.5, 0.6) is 23.0 Å². The summed E-state index contributed by atoms with van der Waals surface area (Å²) >= 11 is 11.7. The summed E-state index contributed by atoms with van der Waals surface area (Å²) in [6.07, 6.45) is 0. The summed E-state index contributed by atoms with van der Waals surface area (Å²) in [7, 11) is 0. The van der Waals surface area contributed by atoms with Crippen molar-refractivity contribution in [3.8, 4) is 23.0 Å². The fraction of sp³-hybridized carbons (Fsp3) is 0. The Labute approximate surface area is 111 Å². The zero-order chi connectivity index (χ0) is 12.9. The molecule has 0 unspecified atom stereocenters. The number of benzene rings is 2. The summed E-state index contributed by atoms with van der Waals surface area (Å²) in [4.78, 5) is 0. The Balaban J connectivity index is 2.12. The van der Waals surface area contributed by atoms with E-state index in [2.05, 4.69) is 0 Å². The van der Waals surface area contributed by atoms with Gasteiger partial charge < -0.3 is 9.47 Å². The van der Waals surface area contributed by atoms with E-state index < -0.39 is 11.6 Å². The van der Waals surface area contributed by atoms with Crippen molar-refractivity contribution >= 4 is 23.2 Å². The third kappa shape index (κ3) is 1.78. The van der Waals surface area contributed by atoms with Gasteiger partial charge in [-0.2, -0.15) is 0 Å². The minimum absolute atomic E-state index is 0.0831. The van der Waals surface area contributed by atoms with Gasteiger partial charge in [0.2, 0.25) is 0 Å². The second-order valence-corrected chi connectivity index (χ2v) is 4.44. The van der Waals surface area contributed by atoms with Gasteiger partial charge in [-0.1, -0.05) is 23.2 Å². The Kier molecular flexibility index (Phi) is 2.57. The molecule has 0 saturated heterocycles. The highest BCUT2D eigenvalue weighted by molar-refractivity contribution is 6.42. The Morgan fingerprint density at radius 1 is 0.667 bits per heavy atom. The smallest absolute Gasteiger partial charge is 0.173 e. The van der Waals surface area contributed by atoms with Gasteiger partial charge in [-0.15, -0.1) is 0 Å². The minimum Gasteiger partial charge on any atom is -0.449 e. The molecule has 2 aromatic rings. The summed E-state index contributed by atoms with van der Waals surface area (Å²) in [5, 5.41) is 0.565. The van der Waals surface area contributed by atoms with Crippen molar-refractivity contribution in [2.24, 2.45) is 0 Å². The van der Waals surface area contributed by atoms with Crippen LogP contribution in [0, 0.1) is 11.6 Å². The first-order valence-corrected chi connectivity index (χ1v) is 5.64. The van der Waals surface area contributed by atoms with Gasteiger partial charge in [0.05, 0.1) is 10.0 Å².